The van der Waals surface area contributed by atoms with Crippen molar-refractivity contribution in [2.75, 3.05) is 33.6 Å². The zero-order valence-electron chi connectivity index (χ0n) is 26.0. The molecule has 2 N–H and O–H groups in total. The molecule has 238 valence electrons. The Labute approximate surface area is 254 Å². The maximum absolute atomic E-state index is 14.0. The van der Waals surface area contributed by atoms with Gasteiger partial charge in [-0.05, 0) is 94.7 Å². The third-order valence-corrected chi connectivity index (χ3v) is 9.40. The minimum atomic E-state index is -2.13. The van der Waals surface area contributed by atoms with Crippen LogP contribution in [0.15, 0.2) is 24.0 Å². The van der Waals surface area contributed by atoms with Gasteiger partial charge in [0.2, 0.25) is 6.79 Å². The van der Waals surface area contributed by atoms with E-state index in [0.29, 0.717) is 36.5 Å². The monoisotopic (exact) mass is 601 g/mol. The van der Waals surface area contributed by atoms with E-state index in [2.05, 4.69) is 17.9 Å². The molecule has 4 aliphatic rings. The quantitative estimate of drug-likeness (QED) is 0.252. The topological polar surface area (TPSA) is 124 Å². The predicted molar refractivity (Wildman–Crippen MR) is 158 cm³/mol. The minimum absolute atomic E-state index is 0.0597. The molecule has 4 atom stereocenters. The smallest absolute Gasteiger partial charge is 0.339 e. The van der Waals surface area contributed by atoms with E-state index in [-0.39, 0.29) is 25.7 Å². The zero-order chi connectivity index (χ0) is 30.8. The number of hydrogen-bond donors (Lipinski definition) is 2. The standard InChI is InChI=1S/C33H47NO9/c1-5-6-7-16-40-27(35)20-33(38,13-8-11-31(2,3)37)30(36)43-29-26(39-4)19-32-12-9-14-34(32)15-10-22-17-24-25(42-21-41-24)18-23(22)28(29)32/h17-19,28-29,37-38H,5-16,20-21H2,1-4H3/t28-,29?,32-,33-/m1/s1. The fourth-order valence-electron chi connectivity index (χ4n) is 7.22. The number of carbonyl (C=O) groups excluding carboxylic acids is 2. The van der Waals surface area contributed by atoms with Gasteiger partial charge in [0.05, 0.1) is 37.2 Å². The number of methoxy groups -OCH3 is 1. The van der Waals surface area contributed by atoms with Gasteiger partial charge in [0.1, 0.15) is 5.76 Å². The number of benzene rings is 1. The number of nitrogens with zero attached hydrogens (tertiary/aromatic N) is 1. The van der Waals surface area contributed by atoms with Gasteiger partial charge in [-0.15, -0.1) is 0 Å². The number of ether oxygens (including phenoxy) is 5. The number of aliphatic hydroxyl groups is 2. The number of unbranched alkanes of at least 4 members (excludes halogenated alkanes) is 2. The highest BCUT2D eigenvalue weighted by Crippen LogP contribution is 2.55. The Morgan fingerprint density at radius 2 is 1.86 bits per heavy atom. The normalized spacial score (nSPS) is 25.6. The molecule has 1 unspecified atom stereocenters. The molecule has 0 aromatic heterocycles. The molecule has 1 aromatic rings. The molecule has 1 spiro atoms. The lowest BCUT2D eigenvalue weighted by molar-refractivity contribution is -0.179. The number of carbonyl (C=O) groups is 2. The Kier molecular flexibility index (Phi) is 9.30. The van der Waals surface area contributed by atoms with Gasteiger partial charge in [-0.3, -0.25) is 9.69 Å². The lowest BCUT2D eigenvalue weighted by atomic mass is 9.77. The van der Waals surface area contributed by atoms with Gasteiger partial charge in [0, 0.05) is 6.54 Å². The van der Waals surface area contributed by atoms with Gasteiger partial charge < -0.3 is 33.9 Å². The molecule has 1 saturated heterocycles. The average molecular weight is 602 g/mol. The van der Waals surface area contributed by atoms with E-state index >= 15 is 0 Å². The lowest BCUT2D eigenvalue weighted by Gasteiger charge is -2.39. The highest BCUT2D eigenvalue weighted by Gasteiger charge is 2.59. The Morgan fingerprint density at radius 1 is 1.09 bits per heavy atom. The first-order valence-electron chi connectivity index (χ1n) is 15.8. The van der Waals surface area contributed by atoms with Crippen LogP contribution in [0.2, 0.25) is 0 Å². The van der Waals surface area contributed by atoms with Crippen molar-refractivity contribution in [3.05, 3.63) is 35.1 Å². The van der Waals surface area contributed by atoms with Gasteiger partial charge in [-0.2, -0.15) is 0 Å². The number of hydrogen-bond acceptors (Lipinski definition) is 10. The second-order valence-corrected chi connectivity index (χ2v) is 13.1. The molecule has 0 radical (unpaired) electrons. The summed E-state index contributed by atoms with van der Waals surface area (Å²) in [6, 6.07) is 4.03. The Hall–Kier alpha value is -2.82. The maximum Gasteiger partial charge on any atom is 0.339 e. The van der Waals surface area contributed by atoms with E-state index in [4.69, 9.17) is 23.7 Å². The first kappa shape index (κ1) is 31.6. The fourth-order valence-corrected chi connectivity index (χ4v) is 7.22. The maximum atomic E-state index is 14.0. The van der Waals surface area contributed by atoms with Crippen LogP contribution in [0.1, 0.15) is 95.6 Å². The summed E-state index contributed by atoms with van der Waals surface area (Å²) in [5.74, 6) is 0.0398. The summed E-state index contributed by atoms with van der Waals surface area (Å²) < 4.78 is 28.9. The Balaban J connectivity index is 1.44. The summed E-state index contributed by atoms with van der Waals surface area (Å²) >= 11 is 0. The lowest BCUT2D eigenvalue weighted by Crippen LogP contribution is -2.49. The molecule has 1 fully saturated rings. The number of fused-ring (bicyclic) bond motifs is 3. The molecule has 0 saturated carbocycles. The minimum Gasteiger partial charge on any atom is -0.497 e. The van der Waals surface area contributed by atoms with Crippen LogP contribution in [0.3, 0.4) is 0 Å². The van der Waals surface area contributed by atoms with Crippen LogP contribution in [0.5, 0.6) is 11.5 Å². The van der Waals surface area contributed by atoms with Crippen LogP contribution < -0.4 is 9.47 Å². The van der Waals surface area contributed by atoms with Gasteiger partial charge in [0.15, 0.2) is 23.2 Å². The zero-order valence-corrected chi connectivity index (χ0v) is 26.0. The molecule has 43 heavy (non-hydrogen) atoms. The molecule has 3 heterocycles. The van der Waals surface area contributed by atoms with E-state index in [1.807, 2.05) is 12.1 Å². The van der Waals surface area contributed by atoms with Gasteiger partial charge in [-0.1, -0.05) is 19.8 Å². The molecule has 1 aliphatic carbocycles. The predicted octanol–water partition coefficient (Wildman–Crippen LogP) is 4.14. The molecule has 0 amide bonds. The van der Waals surface area contributed by atoms with Crippen molar-refractivity contribution < 1.29 is 43.5 Å². The summed E-state index contributed by atoms with van der Waals surface area (Å²) in [6.07, 6.45) is 6.61. The summed E-state index contributed by atoms with van der Waals surface area (Å²) in [5.41, 5.74) is -1.43. The second kappa shape index (κ2) is 12.7. The van der Waals surface area contributed by atoms with Crippen LogP contribution in [0, 0.1) is 0 Å². The third kappa shape index (κ3) is 6.51. The average Bonchev–Trinajstić information content (AvgIpc) is 3.64. The Morgan fingerprint density at radius 3 is 2.58 bits per heavy atom. The van der Waals surface area contributed by atoms with E-state index in [1.54, 1.807) is 21.0 Å². The van der Waals surface area contributed by atoms with Crippen molar-refractivity contribution in [3.63, 3.8) is 0 Å². The SMILES string of the molecule is CCCCCOC(=O)C[C@](O)(CCCC(C)(C)O)C(=O)OC1C(OC)=C[C@@]23CCCN2CCc2cc4c(cc2[C@H]13)OCO4. The van der Waals surface area contributed by atoms with Crippen molar-refractivity contribution in [1.29, 1.82) is 0 Å². The molecule has 10 nitrogen and oxygen atoms in total. The fraction of sp³-hybridized carbons (Fsp3) is 0.697. The Bertz CT molecular complexity index is 1220. The van der Waals surface area contributed by atoms with Crippen LogP contribution in [-0.4, -0.2) is 83.5 Å². The van der Waals surface area contributed by atoms with E-state index in [9.17, 15) is 19.8 Å². The molecule has 5 rings (SSSR count). The van der Waals surface area contributed by atoms with Gasteiger partial charge in [0.25, 0.3) is 0 Å². The summed E-state index contributed by atoms with van der Waals surface area (Å²) in [4.78, 5) is 29.3. The molecule has 1 aromatic carbocycles. The molecular formula is C33H47NO9. The van der Waals surface area contributed by atoms with E-state index in [1.165, 1.54) is 0 Å². The highest BCUT2D eigenvalue weighted by molar-refractivity contribution is 5.86. The van der Waals surface area contributed by atoms with Crippen LogP contribution in [0.25, 0.3) is 0 Å². The van der Waals surface area contributed by atoms with Crippen LogP contribution in [0.4, 0.5) is 0 Å². The van der Waals surface area contributed by atoms with Gasteiger partial charge >= 0.3 is 11.9 Å². The van der Waals surface area contributed by atoms with Crippen molar-refractivity contribution in [2.45, 2.75) is 114 Å². The van der Waals surface area contributed by atoms with E-state index in [0.717, 1.165) is 56.3 Å². The molecule has 10 heteroatoms. The molecule has 0 bridgehead atoms. The van der Waals surface area contributed by atoms with Crippen LogP contribution in [-0.2, 0) is 30.2 Å². The number of esters is 2. The second-order valence-electron chi connectivity index (χ2n) is 13.1. The molecule has 3 aliphatic heterocycles. The van der Waals surface area contributed by atoms with Crippen molar-refractivity contribution >= 4 is 11.9 Å². The summed E-state index contributed by atoms with van der Waals surface area (Å²) in [5, 5.41) is 22.0. The van der Waals surface area contributed by atoms with Crippen molar-refractivity contribution in [2.24, 2.45) is 0 Å². The highest BCUT2D eigenvalue weighted by atomic mass is 16.7. The van der Waals surface area contributed by atoms with Gasteiger partial charge in [-0.25, -0.2) is 4.79 Å². The number of rotatable bonds is 13. The van der Waals surface area contributed by atoms with Crippen molar-refractivity contribution in [3.8, 4) is 11.5 Å². The third-order valence-electron chi connectivity index (χ3n) is 9.40. The van der Waals surface area contributed by atoms with E-state index < -0.39 is 41.2 Å². The summed E-state index contributed by atoms with van der Waals surface area (Å²) in [6.45, 7) is 7.53. The first-order valence-corrected chi connectivity index (χ1v) is 15.8. The van der Waals surface area contributed by atoms with Crippen molar-refractivity contribution in [1.82, 2.24) is 4.90 Å². The largest absolute Gasteiger partial charge is 0.497 e. The first-order chi connectivity index (χ1) is 20.5. The molecular weight excluding hydrogens is 554 g/mol. The summed E-state index contributed by atoms with van der Waals surface area (Å²) in [7, 11) is 1.57. The van der Waals surface area contributed by atoms with Crippen LogP contribution >= 0.6 is 0 Å².